The lowest BCUT2D eigenvalue weighted by molar-refractivity contribution is 0.0606. The minimum absolute atomic E-state index is 0.0240. The Morgan fingerprint density at radius 3 is 3.00 bits per heavy atom. The van der Waals surface area contributed by atoms with Crippen molar-refractivity contribution in [3.8, 4) is 0 Å². The molecule has 0 saturated heterocycles. The molecule has 0 radical (unpaired) electrons. The molecule has 78 valence electrons. The third-order valence-corrected chi connectivity index (χ3v) is 3.58. The second kappa shape index (κ2) is 5.43. The molecule has 1 aromatic rings. The fourth-order valence-electron chi connectivity index (χ4n) is 0.845. The van der Waals surface area contributed by atoms with E-state index in [4.69, 9.17) is 4.74 Å². The number of aromatic nitrogens is 1. The molecule has 1 heterocycles. The molecule has 0 aliphatic heterocycles. The van der Waals surface area contributed by atoms with Gasteiger partial charge in [0.2, 0.25) is 0 Å². The summed E-state index contributed by atoms with van der Waals surface area (Å²) in [5, 5.41) is 0.812. The second-order valence-electron chi connectivity index (χ2n) is 2.48. The molecule has 0 fully saturated rings. The van der Waals surface area contributed by atoms with Gasteiger partial charge in [-0.3, -0.25) is 0 Å². The number of methoxy groups -OCH3 is 2. The van der Waals surface area contributed by atoms with E-state index in [1.807, 2.05) is 0 Å². The molecule has 6 heteroatoms. The van der Waals surface area contributed by atoms with Crippen LogP contribution < -0.4 is 0 Å². The standard InChI is InChI=1S/C8H10BrNO3S/c1-12-4-5(9)7-10-3-6(14-7)8(11)13-2/h3,5H,4H2,1-2H3. The number of hydrogen-bond acceptors (Lipinski definition) is 5. The Labute approximate surface area is 94.4 Å². The maximum absolute atomic E-state index is 11.1. The van der Waals surface area contributed by atoms with Gasteiger partial charge >= 0.3 is 5.97 Å². The van der Waals surface area contributed by atoms with Gasteiger partial charge in [-0.1, -0.05) is 15.9 Å². The molecule has 0 saturated carbocycles. The van der Waals surface area contributed by atoms with Crippen molar-refractivity contribution in [1.82, 2.24) is 4.98 Å². The number of carbonyl (C=O) groups excluding carboxylic acids is 1. The molecule has 1 atom stereocenters. The van der Waals surface area contributed by atoms with Crippen molar-refractivity contribution < 1.29 is 14.3 Å². The van der Waals surface area contributed by atoms with Crippen molar-refractivity contribution in [1.29, 1.82) is 0 Å². The molecular weight excluding hydrogens is 270 g/mol. The summed E-state index contributed by atoms with van der Waals surface area (Å²) in [4.78, 5) is 15.7. The summed E-state index contributed by atoms with van der Waals surface area (Å²) in [6, 6.07) is 0. The molecule has 0 N–H and O–H groups in total. The van der Waals surface area contributed by atoms with Crippen LogP contribution in [0, 0.1) is 0 Å². The minimum Gasteiger partial charge on any atom is -0.465 e. The van der Waals surface area contributed by atoms with E-state index in [1.165, 1.54) is 24.6 Å². The second-order valence-corrected chi connectivity index (χ2v) is 4.64. The molecule has 0 bridgehead atoms. The molecule has 0 aliphatic carbocycles. The molecule has 0 amide bonds. The van der Waals surface area contributed by atoms with Gasteiger partial charge in [0.25, 0.3) is 0 Å². The number of ether oxygens (including phenoxy) is 2. The van der Waals surface area contributed by atoms with Gasteiger partial charge in [-0.25, -0.2) is 9.78 Å². The van der Waals surface area contributed by atoms with E-state index >= 15 is 0 Å². The third kappa shape index (κ3) is 2.76. The highest BCUT2D eigenvalue weighted by Crippen LogP contribution is 2.27. The zero-order valence-corrected chi connectivity index (χ0v) is 10.2. The van der Waals surface area contributed by atoms with Crippen molar-refractivity contribution in [2.24, 2.45) is 0 Å². The first-order valence-corrected chi connectivity index (χ1v) is 5.59. The van der Waals surface area contributed by atoms with E-state index in [2.05, 4.69) is 25.7 Å². The number of halogens is 1. The molecule has 14 heavy (non-hydrogen) atoms. The third-order valence-electron chi connectivity index (χ3n) is 1.49. The van der Waals surface area contributed by atoms with E-state index < -0.39 is 0 Å². The fourth-order valence-corrected chi connectivity index (χ4v) is 2.31. The zero-order chi connectivity index (χ0) is 10.6. The summed E-state index contributed by atoms with van der Waals surface area (Å²) in [6.45, 7) is 0.522. The highest BCUT2D eigenvalue weighted by atomic mass is 79.9. The van der Waals surface area contributed by atoms with Gasteiger partial charge in [-0.2, -0.15) is 0 Å². The first-order chi connectivity index (χ1) is 6.69. The van der Waals surface area contributed by atoms with Crippen LogP contribution in [0.15, 0.2) is 6.20 Å². The van der Waals surface area contributed by atoms with Crippen LogP contribution in [0.5, 0.6) is 0 Å². The summed E-state index contributed by atoms with van der Waals surface area (Å²) in [5.74, 6) is -0.356. The van der Waals surface area contributed by atoms with Crippen molar-refractivity contribution >= 4 is 33.2 Å². The Hall–Kier alpha value is -0.460. The summed E-state index contributed by atoms with van der Waals surface area (Å²) in [7, 11) is 2.96. The Balaban J connectivity index is 2.72. The van der Waals surface area contributed by atoms with Crippen LogP contribution in [-0.4, -0.2) is 31.8 Å². The van der Waals surface area contributed by atoms with Gasteiger partial charge < -0.3 is 9.47 Å². The number of hydrogen-bond donors (Lipinski definition) is 0. The first kappa shape index (κ1) is 11.6. The maximum atomic E-state index is 11.1. The average Bonchev–Trinajstić information content (AvgIpc) is 2.66. The number of nitrogens with zero attached hydrogens (tertiary/aromatic N) is 1. The van der Waals surface area contributed by atoms with Gasteiger partial charge in [0.05, 0.1) is 24.7 Å². The highest BCUT2D eigenvalue weighted by molar-refractivity contribution is 9.09. The number of esters is 1. The van der Waals surface area contributed by atoms with Crippen LogP contribution in [0.4, 0.5) is 0 Å². The summed E-state index contributed by atoms with van der Waals surface area (Å²) < 4.78 is 9.53. The first-order valence-electron chi connectivity index (χ1n) is 3.86. The Kier molecular flexibility index (Phi) is 4.50. The van der Waals surface area contributed by atoms with Crippen LogP contribution >= 0.6 is 27.3 Å². The van der Waals surface area contributed by atoms with Crippen molar-refractivity contribution in [3.63, 3.8) is 0 Å². The molecule has 4 nitrogen and oxygen atoms in total. The average molecular weight is 280 g/mol. The zero-order valence-electron chi connectivity index (χ0n) is 7.82. The van der Waals surface area contributed by atoms with E-state index in [9.17, 15) is 4.79 Å². The number of alkyl halides is 1. The number of carbonyl (C=O) groups is 1. The predicted octanol–water partition coefficient (Wildman–Crippen LogP) is 2.01. The predicted molar refractivity (Wildman–Crippen MR) is 57.0 cm³/mol. The van der Waals surface area contributed by atoms with E-state index in [0.29, 0.717) is 11.5 Å². The Morgan fingerprint density at radius 2 is 2.43 bits per heavy atom. The van der Waals surface area contributed by atoms with Crippen molar-refractivity contribution in [2.75, 3.05) is 20.8 Å². The van der Waals surface area contributed by atoms with E-state index in [-0.39, 0.29) is 10.8 Å². The van der Waals surface area contributed by atoms with Crippen molar-refractivity contribution in [3.05, 3.63) is 16.1 Å². The number of thiazole rings is 1. The topological polar surface area (TPSA) is 48.4 Å². The summed E-state index contributed by atoms with van der Waals surface area (Å²) in [6.07, 6.45) is 1.51. The molecule has 0 aliphatic rings. The largest absolute Gasteiger partial charge is 0.465 e. The van der Waals surface area contributed by atoms with Gasteiger partial charge in [-0.05, 0) is 0 Å². The quantitative estimate of drug-likeness (QED) is 0.625. The Bertz CT molecular complexity index is 315. The van der Waals surface area contributed by atoms with Crippen LogP contribution in [0.1, 0.15) is 19.5 Å². The van der Waals surface area contributed by atoms with Gasteiger partial charge in [0, 0.05) is 7.11 Å². The molecule has 0 spiro atoms. The molecule has 0 aromatic carbocycles. The normalized spacial score (nSPS) is 12.5. The monoisotopic (exact) mass is 279 g/mol. The minimum atomic E-state index is -0.356. The lowest BCUT2D eigenvalue weighted by Gasteiger charge is -2.02. The van der Waals surface area contributed by atoms with Crippen LogP contribution in [-0.2, 0) is 9.47 Å². The Morgan fingerprint density at radius 1 is 1.71 bits per heavy atom. The lowest BCUT2D eigenvalue weighted by atomic mass is 10.5. The lowest BCUT2D eigenvalue weighted by Crippen LogP contribution is -1.98. The SMILES string of the molecule is COCC(Br)c1ncc(C(=O)OC)s1. The summed E-state index contributed by atoms with van der Waals surface area (Å²) >= 11 is 4.70. The van der Waals surface area contributed by atoms with Gasteiger partial charge in [0.1, 0.15) is 9.88 Å². The molecular formula is C8H10BrNO3S. The highest BCUT2D eigenvalue weighted by Gasteiger charge is 2.15. The van der Waals surface area contributed by atoms with Gasteiger partial charge in [0.15, 0.2) is 0 Å². The van der Waals surface area contributed by atoms with Gasteiger partial charge in [-0.15, -0.1) is 11.3 Å². The van der Waals surface area contributed by atoms with Crippen LogP contribution in [0.25, 0.3) is 0 Å². The molecule has 1 rings (SSSR count). The van der Waals surface area contributed by atoms with E-state index in [1.54, 1.807) is 7.11 Å². The van der Waals surface area contributed by atoms with Crippen LogP contribution in [0.2, 0.25) is 0 Å². The summed E-state index contributed by atoms with van der Waals surface area (Å²) in [5.41, 5.74) is 0. The molecule has 1 aromatic heterocycles. The smallest absolute Gasteiger partial charge is 0.349 e. The van der Waals surface area contributed by atoms with Crippen molar-refractivity contribution in [2.45, 2.75) is 4.83 Å². The number of rotatable bonds is 4. The fraction of sp³-hybridized carbons (Fsp3) is 0.500. The van der Waals surface area contributed by atoms with E-state index in [0.717, 1.165) is 5.01 Å². The molecule has 1 unspecified atom stereocenters. The van der Waals surface area contributed by atoms with Crippen LogP contribution in [0.3, 0.4) is 0 Å². The maximum Gasteiger partial charge on any atom is 0.349 e.